The summed E-state index contributed by atoms with van der Waals surface area (Å²) in [6.45, 7) is 4.43. The summed E-state index contributed by atoms with van der Waals surface area (Å²) < 4.78 is 0. The molecule has 1 saturated heterocycles. The van der Waals surface area contributed by atoms with Crippen LogP contribution in [0.5, 0.6) is 0 Å². The fourth-order valence-corrected chi connectivity index (χ4v) is 4.99. The number of benzene rings is 1. The van der Waals surface area contributed by atoms with Gasteiger partial charge in [0.05, 0.1) is 0 Å². The summed E-state index contributed by atoms with van der Waals surface area (Å²) in [7, 11) is 0. The Morgan fingerprint density at radius 1 is 0.897 bits per heavy atom. The quantitative estimate of drug-likeness (QED) is 0.801. The largest absolute Gasteiger partial charge is 0.355 e. The van der Waals surface area contributed by atoms with E-state index in [-0.39, 0.29) is 24.8 Å². The first kappa shape index (κ1) is 22.3. The molecule has 0 atom stereocenters. The second kappa shape index (κ2) is 9.61. The fourth-order valence-electron chi connectivity index (χ4n) is 4.99. The molecule has 2 heterocycles. The summed E-state index contributed by atoms with van der Waals surface area (Å²) in [6.07, 6.45) is 7.47. The van der Waals surface area contributed by atoms with Crippen molar-refractivity contribution in [1.82, 2.24) is 14.9 Å². The van der Waals surface area contributed by atoms with E-state index in [9.17, 15) is 0 Å². The highest BCUT2D eigenvalue weighted by molar-refractivity contribution is 5.85. The third-order valence-corrected chi connectivity index (χ3v) is 6.67. The number of fused-ring (bicyclic) bond motifs is 1. The standard InChI is InChI=1S/C22H29N5.2ClH/c23-19-10-18(11-19)21-14-22(25-15-24-21)27-7-3-6-26(8-9-27)20-12-16-4-1-2-5-17(16)13-20;;/h1-2,4-5,14-15,18-20H,3,6-13,23H2;2*1H. The molecule has 3 aliphatic rings. The Hall–Kier alpha value is -1.40. The molecule has 5 rings (SSSR count). The lowest BCUT2D eigenvalue weighted by atomic mass is 9.78. The maximum Gasteiger partial charge on any atom is 0.132 e. The van der Waals surface area contributed by atoms with Gasteiger partial charge in [0.2, 0.25) is 0 Å². The van der Waals surface area contributed by atoms with Gasteiger partial charge in [-0.1, -0.05) is 24.3 Å². The van der Waals surface area contributed by atoms with Crippen molar-refractivity contribution < 1.29 is 0 Å². The highest BCUT2D eigenvalue weighted by Gasteiger charge is 2.30. The first-order chi connectivity index (χ1) is 13.3. The van der Waals surface area contributed by atoms with Crippen LogP contribution in [0.1, 0.15) is 42.0 Å². The number of hydrogen-bond donors (Lipinski definition) is 1. The number of aromatic nitrogens is 2. The van der Waals surface area contributed by atoms with E-state index in [0.29, 0.717) is 18.0 Å². The fraction of sp³-hybridized carbons (Fsp3) is 0.545. The molecule has 1 aromatic heterocycles. The lowest BCUT2D eigenvalue weighted by Crippen LogP contribution is -2.39. The number of nitrogens with zero attached hydrogens (tertiary/aromatic N) is 4. The zero-order valence-electron chi connectivity index (χ0n) is 16.7. The predicted molar refractivity (Wildman–Crippen MR) is 123 cm³/mol. The van der Waals surface area contributed by atoms with Gasteiger partial charge in [0, 0.05) is 55.9 Å². The Bertz CT molecular complexity index is 786. The van der Waals surface area contributed by atoms with Crippen molar-refractivity contribution in [3.05, 3.63) is 53.5 Å². The summed E-state index contributed by atoms with van der Waals surface area (Å²) in [4.78, 5) is 14.2. The summed E-state index contributed by atoms with van der Waals surface area (Å²) in [5, 5.41) is 0. The van der Waals surface area contributed by atoms with Crippen molar-refractivity contribution in [2.24, 2.45) is 5.73 Å². The Morgan fingerprint density at radius 2 is 1.62 bits per heavy atom. The molecule has 1 saturated carbocycles. The van der Waals surface area contributed by atoms with Crippen molar-refractivity contribution in [3.63, 3.8) is 0 Å². The Morgan fingerprint density at radius 3 is 2.31 bits per heavy atom. The van der Waals surface area contributed by atoms with Gasteiger partial charge in [-0.2, -0.15) is 0 Å². The molecule has 2 N–H and O–H groups in total. The van der Waals surface area contributed by atoms with Gasteiger partial charge in [0.1, 0.15) is 12.1 Å². The van der Waals surface area contributed by atoms with Gasteiger partial charge < -0.3 is 10.6 Å². The van der Waals surface area contributed by atoms with Crippen LogP contribution >= 0.6 is 24.8 Å². The normalized spacial score (nSPS) is 24.7. The molecule has 2 aliphatic carbocycles. The summed E-state index contributed by atoms with van der Waals surface area (Å²) in [5.41, 5.74) is 10.2. The van der Waals surface area contributed by atoms with Crippen LogP contribution in [-0.4, -0.2) is 53.1 Å². The summed E-state index contributed by atoms with van der Waals surface area (Å²) >= 11 is 0. The van der Waals surface area contributed by atoms with Gasteiger partial charge >= 0.3 is 0 Å². The van der Waals surface area contributed by atoms with Gasteiger partial charge in [-0.25, -0.2) is 9.97 Å². The number of anilines is 1. The smallest absolute Gasteiger partial charge is 0.132 e. The molecule has 1 aromatic carbocycles. The van der Waals surface area contributed by atoms with Crippen LogP contribution in [-0.2, 0) is 12.8 Å². The Balaban J connectivity index is 0.00000120. The topological polar surface area (TPSA) is 58.3 Å². The molecular weight excluding hydrogens is 405 g/mol. The van der Waals surface area contributed by atoms with Crippen LogP contribution in [0, 0.1) is 0 Å². The van der Waals surface area contributed by atoms with E-state index in [1.165, 1.54) is 31.5 Å². The molecule has 0 radical (unpaired) electrons. The van der Waals surface area contributed by atoms with E-state index in [0.717, 1.165) is 38.3 Å². The molecule has 1 aliphatic heterocycles. The van der Waals surface area contributed by atoms with E-state index in [2.05, 4.69) is 50.1 Å². The minimum Gasteiger partial charge on any atom is -0.355 e. The minimum absolute atomic E-state index is 0. The number of halogens is 2. The maximum absolute atomic E-state index is 5.96. The van der Waals surface area contributed by atoms with Gasteiger partial charge in [-0.3, -0.25) is 4.90 Å². The van der Waals surface area contributed by atoms with Crippen LogP contribution in [0.2, 0.25) is 0 Å². The molecule has 7 heteroatoms. The van der Waals surface area contributed by atoms with E-state index in [1.54, 1.807) is 17.5 Å². The monoisotopic (exact) mass is 435 g/mol. The van der Waals surface area contributed by atoms with Crippen molar-refractivity contribution >= 4 is 30.6 Å². The second-order valence-electron chi connectivity index (χ2n) is 8.44. The number of nitrogens with two attached hydrogens (primary N) is 1. The first-order valence-corrected chi connectivity index (χ1v) is 10.4. The molecule has 0 unspecified atom stereocenters. The first-order valence-electron chi connectivity index (χ1n) is 10.4. The van der Waals surface area contributed by atoms with E-state index < -0.39 is 0 Å². The number of rotatable bonds is 3. The second-order valence-corrected chi connectivity index (χ2v) is 8.44. The molecule has 0 bridgehead atoms. The third kappa shape index (κ3) is 4.69. The lowest BCUT2D eigenvalue weighted by Gasteiger charge is -2.32. The highest BCUT2D eigenvalue weighted by atomic mass is 35.5. The SMILES string of the molecule is Cl.Cl.NC1CC(c2cc(N3CCCN(C4Cc5ccccc5C4)CC3)ncn2)C1. The molecule has 158 valence electrons. The van der Waals surface area contributed by atoms with Crippen LogP contribution < -0.4 is 10.6 Å². The zero-order valence-corrected chi connectivity index (χ0v) is 18.4. The third-order valence-electron chi connectivity index (χ3n) is 6.67. The molecule has 0 spiro atoms. The molecule has 2 fully saturated rings. The summed E-state index contributed by atoms with van der Waals surface area (Å²) in [6, 6.07) is 12.2. The predicted octanol–water partition coefficient (Wildman–Crippen LogP) is 3.20. The molecular formula is C22H31Cl2N5. The van der Waals surface area contributed by atoms with Crippen LogP contribution in [0.25, 0.3) is 0 Å². The average molecular weight is 436 g/mol. The van der Waals surface area contributed by atoms with Crippen molar-refractivity contribution in [2.75, 3.05) is 31.1 Å². The number of hydrogen-bond acceptors (Lipinski definition) is 5. The van der Waals surface area contributed by atoms with E-state index in [4.69, 9.17) is 5.73 Å². The molecule has 5 nitrogen and oxygen atoms in total. The average Bonchev–Trinajstić information content (AvgIpc) is 2.95. The van der Waals surface area contributed by atoms with Gasteiger partial charge in [-0.05, 0) is 43.2 Å². The van der Waals surface area contributed by atoms with Crippen molar-refractivity contribution in [3.8, 4) is 0 Å². The Kier molecular flexibility index (Phi) is 7.38. The zero-order chi connectivity index (χ0) is 18.2. The van der Waals surface area contributed by atoms with E-state index >= 15 is 0 Å². The molecule has 29 heavy (non-hydrogen) atoms. The summed E-state index contributed by atoms with van der Waals surface area (Å²) in [5.74, 6) is 1.62. The van der Waals surface area contributed by atoms with Crippen LogP contribution in [0.4, 0.5) is 5.82 Å². The van der Waals surface area contributed by atoms with Gasteiger partial charge in [0.15, 0.2) is 0 Å². The van der Waals surface area contributed by atoms with E-state index in [1.807, 2.05) is 0 Å². The van der Waals surface area contributed by atoms with Gasteiger partial charge in [0.25, 0.3) is 0 Å². The van der Waals surface area contributed by atoms with Crippen LogP contribution in [0.15, 0.2) is 36.7 Å². The van der Waals surface area contributed by atoms with Gasteiger partial charge in [-0.15, -0.1) is 24.8 Å². The Labute approximate surface area is 185 Å². The minimum atomic E-state index is 0. The molecule has 0 amide bonds. The highest BCUT2D eigenvalue weighted by Crippen LogP contribution is 2.35. The van der Waals surface area contributed by atoms with Crippen molar-refractivity contribution in [1.29, 1.82) is 0 Å². The lowest BCUT2D eigenvalue weighted by molar-refractivity contribution is 0.216. The molecule has 2 aromatic rings. The van der Waals surface area contributed by atoms with Crippen LogP contribution in [0.3, 0.4) is 0 Å². The van der Waals surface area contributed by atoms with Crippen molar-refractivity contribution in [2.45, 2.75) is 50.1 Å². The maximum atomic E-state index is 5.96.